The van der Waals surface area contributed by atoms with Crippen LogP contribution >= 0.6 is 0 Å². The summed E-state index contributed by atoms with van der Waals surface area (Å²) in [5.41, 5.74) is 8.42. The summed E-state index contributed by atoms with van der Waals surface area (Å²) in [5.74, 6) is -0.760. The number of carbonyl (C=O) groups is 2. The fraction of sp³-hybridized carbons (Fsp3) is 0.0588. The highest BCUT2D eigenvalue weighted by molar-refractivity contribution is 6.05. The van der Waals surface area contributed by atoms with Crippen molar-refractivity contribution < 1.29 is 9.59 Å². The number of nitrogens with one attached hydrogen (secondary N) is 2. The summed E-state index contributed by atoms with van der Waals surface area (Å²) >= 11 is 0. The molecule has 0 spiro atoms. The summed E-state index contributed by atoms with van der Waals surface area (Å²) in [4.78, 5) is 27.0. The fourth-order valence-electron chi connectivity index (χ4n) is 2.28. The smallest absolute Gasteiger partial charge is 0.257 e. The Balaban J connectivity index is 1.66. The predicted octanol–water partition coefficient (Wildman–Crippen LogP) is 2.25. The number of fused-ring (bicyclic) bond motifs is 1. The number of anilines is 1. The fourth-order valence-corrected chi connectivity index (χ4v) is 2.28. The number of hydrogen-bond acceptors (Lipinski definition) is 3. The maximum atomic E-state index is 12.0. The summed E-state index contributed by atoms with van der Waals surface area (Å²) in [6.07, 6.45) is 2.00. The average molecular weight is 293 g/mol. The second kappa shape index (κ2) is 5.73. The molecular weight excluding hydrogens is 278 g/mol. The van der Waals surface area contributed by atoms with Crippen molar-refractivity contribution in [2.45, 2.75) is 6.42 Å². The lowest BCUT2D eigenvalue weighted by atomic mass is 10.1. The topological polar surface area (TPSA) is 88.0 Å². The van der Waals surface area contributed by atoms with E-state index in [4.69, 9.17) is 5.73 Å². The second-order valence-corrected chi connectivity index (χ2v) is 5.08. The van der Waals surface area contributed by atoms with Crippen LogP contribution in [0.3, 0.4) is 0 Å². The molecule has 1 aromatic heterocycles. The Morgan fingerprint density at radius 2 is 1.82 bits per heavy atom. The monoisotopic (exact) mass is 293 g/mol. The molecule has 0 saturated carbocycles. The van der Waals surface area contributed by atoms with Crippen LogP contribution in [0.2, 0.25) is 0 Å². The lowest BCUT2D eigenvalue weighted by molar-refractivity contribution is -0.119. The normalized spacial score (nSPS) is 10.5. The van der Waals surface area contributed by atoms with E-state index in [0.717, 1.165) is 16.5 Å². The Morgan fingerprint density at radius 1 is 1.05 bits per heavy atom. The molecule has 1 heterocycles. The van der Waals surface area contributed by atoms with Gasteiger partial charge < -0.3 is 10.7 Å². The summed E-state index contributed by atoms with van der Waals surface area (Å²) in [7, 11) is 0. The molecule has 0 saturated heterocycles. The number of nitrogen functional groups attached to an aromatic ring is 1. The van der Waals surface area contributed by atoms with E-state index >= 15 is 0 Å². The van der Waals surface area contributed by atoms with Crippen LogP contribution in [0.5, 0.6) is 0 Å². The number of aromatic amines is 1. The third kappa shape index (κ3) is 2.98. The molecular formula is C17H15N3O2. The summed E-state index contributed by atoms with van der Waals surface area (Å²) in [6.45, 7) is 0. The van der Waals surface area contributed by atoms with Crippen LogP contribution in [0.15, 0.2) is 54.7 Å². The molecule has 5 nitrogen and oxygen atoms in total. The zero-order chi connectivity index (χ0) is 15.5. The van der Waals surface area contributed by atoms with Gasteiger partial charge in [-0.2, -0.15) is 0 Å². The number of benzene rings is 2. The number of nitrogens with two attached hydrogens (primary N) is 1. The van der Waals surface area contributed by atoms with Crippen LogP contribution in [0, 0.1) is 0 Å². The minimum atomic E-state index is -0.423. The first-order valence-corrected chi connectivity index (χ1v) is 6.87. The summed E-state index contributed by atoms with van der Waals surface area (Å²) in [5, 5.41) is 3.42. The first-order chi connectivity index (χ1) is 10.6. The highest BCUT2D eigenvalue weighted by atomic mass is 16.2. The number of amides is 2. The quantitative estimate of drug-likeness (QED) is 0.647. The van der Waals surface area contributed by atoms with Gasteiger partial charge in [0.15, 0.2) is 0 Å². The summed E-state index contributed by atoms with van der Waals surface area (Å²) in [6, 6.07) is 14.1. The number of aromatic nitrogens is 1. The molecule has 2 aromatic carbocycles. The van der Waals surface area contributed by atoms with Crippen molar-refractivity contribution in [2.75, 3.05) is 5.73 Å². The average Bonchev–Trinajstić information content (AvgIpc) is 2.95. The molecule has 2 amide bonds. The van der Waals surface area contributed by atoms with Crippen molar-refractivity contribution in [1.82, 2.24) is 10.3 Å². The van der Waals surface area contributed by atoms with Gasteiger partial charge in [0.1, 0.15) is 0 Å². The predicted molar refractivity (Wildman–Crippen MR) is 85.3 cm³/mol. The van der Waals surface area contributed by atoms with Crippen molar-refractivity contribution in [3.63, 3.8) is 0 Å². The van der Waals surface area contributed by atoms with E-state index in [1.807, 2.05) is 30.5 Å². The molecule has 22 heavy (non-hydrogen) atoms. The van der Waals surface area contributed by atoms with E-state index in [0.29, 0.717) is 11.3 Å². The molecule has 110 valence electrons. The highest BCUT2D eigenvalue weighted by Gasteiger charge is 2.11. The molecule has 0 aliphatic heterocycles. The van der Waals surface area contributed by atoms with Gasteiger partial charge in [-0.25, -0.2) is 0 Å². The standard InChI is InChI=1S/C17H15N3O2/c18-14-4-2-12(3-5-14)17(22)20-16(21)10-11-1-6-15-13(9-11)7-8-19-15/h1-9,19H,10,18H2,(H,20,21,22). The van der Waals surface area contributed by atoms with Crippen LogP contribution < -0.4 is 11.1 Å². The first kappa shape index (κ1) is 13.9. The minimum Gasteiger partial charge on any atom is -0.399 e. The molecule has 5 heteroatoms. The van der Waals surface area contributed by atoms with E-state index in [9.17, 15) is 9.59 Å². The third-order valence-electron chi connectivity index (χ3n) is 3.41. The van der Waals surface area contributed by atoms with E-state index < -0.39 is 5.91 Å². The van der Waals surface area contributed by atoms with Crippen LogP contribution in [0.4, 0.5) is 5.69 Å². The van der Waals surface area contributed by atoms with Crippen molar-refractivity contribution in [1.29, 1.82) is 0 Å². The number of rotatable bonds is 3. The number of imide groups is 1. The van der Waals surface area contributed by atoms with Crippen LogP contribution in [0.25, 0.3) is 10.9 Å². The van der Waals surface area contributed by atoms with Gasteiger partial charge in [-0.15, -0.1) is 0 Å². The van der Waals surface area contributed by atoms with Crippen molar-refractivity contribution in [2.24, 2.45) is 0 Å². The van der Waals surface area contributed by atoms with E-state index in [1.165, 1.54) is 0 Å². The Hall–Kier alpha value is -3.08. The summed E-state index contributed by atoms with van der Waals surface area (Å²) < 4.78 is 0. The molecule has 4 N–H and O–H groups in total. The zero-order valence-electron chi connectivity index (χ0n) is 11.8. The van der Waals surface area contributed by atoms with Gasteiger partial charge in [0.25, 0.3) is 5.91 Å². The molecule has 0 aliphatic rings. The Morgan fingerprint density at radius 3 is 2.59 bits per heavy atom. The van der Waals surface area contributed by atoms with Crippen LogP contribution in [0.1, 0.15) is 15.9 Å². The van der Waals surface area contributed by atoms with E-state index in [2.05, 4.69) is 10.3 Å². The molecule has 3 aromatic rings. The van der Waals surface area contributed by atoms with Gasteiger partial charge in [0.2, 0.25) is 5.91 Å². The first-order valence-electron chi connectivity index (χ1n) is 6.87. The highest BCUT2D eigenvalue weighted by Crippen LogP contribution is 2.14. The zero-order valence-corrected chi connectivity index (χ0v) is 11.8. The van der Waals surface area contributed by atoms with Crippen molar-refractivity contribution in [3.05, 3.63) is 65.9 Å². The van der Waals surface area contributed by atoms with E-state index in [1.54, 1.807) is 24.3 Å². The van der Waals surface area contributed by atoms with Gasteiger partial charge in [-0.1, -0.05) is 6.07 Å². The van der Waals surface area contributed by atoms with Gasteiger partial charge >= 0.3 is 0 Å². The largest absolute Gasteiger partial charge is 0.399 e. The third-order valence-corrected chi connectivity index (χ3v) is 3.41. The maximum absolute atomic E-state index is 12.0. The number of carbonyl (C=O) groups excluding carboxylic acids is 2. The Kier molecular flexibility index (Phi) is 3.62. The van der Waals surface area contributed by atoms with E-state index in [-0.39, 0.29) is 12.3 Å². The molecule has 0 bridgehead atoms. The Labute approximate surface area is 127 Å². The molecule has 0 radical (unpaired) electrons. The lowest BCUT2D eigenvalue weighted by Crippen LogP contribution is -2.31. The second-order valence-electron chi connectivity index (χ2n) is 5.08. The molecule has 0 atom stereocenters. The molecule has 0 unspecified atom stereocenters. The van der Waals surface area contributed by atoms with Gasteiger partial charge in [-0.05, 0) is 53.4 Å². The minimum absolute atomic E-state index is 0.155. The van der Waals surface area contributed by atoms with Gasteiger partial charge in [-0.3, -0.25) is 14.9 Å². The lowest BCUT2D eigenvalue weighted by Gasteiger charge is -2.05. The molecule has 0 fully saturated rings. The van der Waals surface area contributed by atoms with Crippen LogP contribution in [-0.4, -0.2) is 16.8 Å². The van der Waals surface area contributed by atoms with Gasteiger partial charge in [0, 0.05) is 23.0 Å². The number of H-pyrrole nitrogens is 1. The van der Waals surface area contributed by atoms with Crippen molar-refractivity contribution in [3.8, 4) is 0 Å². The SMILES string of the molecule is Nc1ccc(C(=O)NC(=O)Cc2ccc3[nH]ccc3c2)cc1. The maximum Gasteiger partial charge on any atom is 0.257 e. The number of hydrogen-bond donors (Lipinski definition) is 3. The molecule has 3 rings (SSSR count). The van der Waals surface area contributed by atoms with Crippen LogP contribution in [-0.2, 0) is 11.2 Å². The van der Waals surface area contributed by atoms with Crippen molar-refractivity contribution >= 4 is 28.4 Å². The molecule has 0 aliphatic carbocycles. The Bertz CT molecular complexity index is 834. The van der Waals surface area contributed by atoms with Gasteiger partial charge in [0.05, 0.1) is 6.42 Å².